The van der Waals surface area contributed by atoms with Gasteiger partial charge in [-0.15, -0.1) is 0 Å². The fraction of sp³-hybridized carbons (Fsp3) is 0.357. The lowest BCUT2D eigenvalue weighted by atomic mass is 10.2. The zero-order chi connectivity index (χ0) is 14.7. The lowest BCUT2D eigenvalue weighted by Crippen LogP contribution is -2.29. The van der Waals surface area contributed by atoms with E-state index in [9.17, 15) is 8.42 Å². The van der Waals surface area contributed by atoms with Gasteiger partial charge in [-0.1, -0.05) is 18.2 Å². The Kier molecular flexibility index (Phi) is 3.94. The van der Waals surface area contributed by atoms with E-state index in [0.29, 0.717) is 6.54 Å². The van der Waals surface area contributed by atoms with E-state index in [1.54, 1.807) is 0 Å². The molecule has 0 radical (unpaired) electrons. The minimum absolute atomic E-state index is 0.106. The summed E-state index contributed by atoms with van der Waals surface area (Å²) in [6.45, 7) is 2.27. The predicted molar refractivity (Wildman–Crippen MR) is 80.8 cm³/mol. The van der Waals surface area contributed by atoms with E-state index in [0.717, 1.165) is 25.9 Å². The lowest BCUT2D eigenvalue weighted by molar-refractivity contribution is 0.574. The van der Waals surface area contributed by atoms with Gasteiger partial charge in [-0.3, -0.25) is 5.10 Å². The van der Waals surface area contributed by atoms with Gasteiger partial charge in [-0.25, -0.2) is 13.1 Å². The zero-order valence-corrected chi connectivity index (χ0v) is 12.4. The van der Waals surface area contributed by atoms with Crippen molar-refractivity contribution in [3.05, 3.63) is 42.1 Å². The van der Waals surface area contributed by atoms with Crippen LogP contribution in [0.1, 0.15) is 12.0 Å². The van der Waals surface area contributed by atoms with Gasteiger partial charge >= 0.3 is 0 Å². The maximum atomic E-state index is 11.9. The fourth-order valence-corrected chi connectivity index (χ4v) is 3.57. The third-order valence-corrected chi connectivity index (χ3v) is 5.04. The molecule has 1 aliphatic rings. The number of anilines is 1. The summed E-state index contributed by atoms with van der Waals surface area (Å²) in [5, 5.41) is 6.22. The van der Waals surface area contributed by atoms with Crippen LogP contribution in [0.3, 0.4) is 0 Å². The molecule has 6 nitrogen and oxygen atoms in total. The number of sulfonamides is 1. The topological polar surface area (TPSA) is 78.1 Å². The molecule has 1 aromatic heterocycles. The number of hydrogen-bond donors (Lipinski definition) is 2. The molecule has 2 N–H and O–H groups in total. The Morgan fingerprint density at radius 1 is 1.29 bits per heavy atom. The van der Waals surface area contributed by atoms with Crippen LogP contribution in [0.15, 0.2) is 41.6 Å². The summed E-state index contributed by atoms with van der Waals surface area (Å²) in [5.74, 6) is 0. The van der Waals surface area contributed by atoms with Crippen molar-refractivity contribution in [1.29, 1.82) is 0 Å². The number of para-hydroxylation sites is 1. The molecule has 112 valence electrons. The van der Waals surface area contributed by atoms with Crippen molar-refractivity contribution < 1.29 is 8.42 Å². The number of fused-ring (bicyclic) bond motifs is 1. The molecule has 0 spiro atoms. The van der Waals surface area contributed by atoms with Gasteiger partial charge in [-0.2, -0.15) is 5.10 Å². The van der Waals surface area contributed by atoms with E-state index in [2.05, 4.69) is 38.0 Å². The number of aromatic nitrogens is 2. The number of nitrogens with zero attached hydrogens (tertiary/aromatic N) is 2. The third-order valence-electron chi connectivity index (χ3n) is 3.64. The Bertz CT molecular complexity index is 698. The van der Waals surface area contributed by atoms with Crippen molar-refractivity contribution in [2.45, 2.75) is 17.9 Å². The van der Waals surface area contributed by atoms with Gasteiger partial charge in [-0.05, 0) is 30.5 Å². The van der Waals surface area contributed by atoms with Crippen LogP contribution in [0, 0.1) is 0 Å². The molecule has 0 saturated carbocycles. The highest BCUT2D eigenvalue weighted by Gasteiger charge is 2.18. The third kappa shape index (κ3) is 3.08. The minimum Gasteiger partial charge on any atom is -0.371 e. The van der Waals surface area contributed by atoms with Gasteiger partial charge in [0.2, 0.25) is 0 Å². The van der Waals surface area contributed by atoms with Gasteiger partial charge < -0.3 is 4.90 Å². The highest BCUT2D eigenvalue weighted by atomic mass is 32.2. The van der Waals surface area contributed by atoms with Gasteiger partial charge in [0, 0.05) is 25.3 Å². The van der Waals surface area contributed by atoms with Crippen LogP contribution in [0.4, 0.5) is 5.69 Å². The first kappa shape index (κ1) is 14.1. The van der Waals surface area contributed by atoms with Crippen LogP contribution in [-0.4, -0.2) is 38.2 Å². The largest absolute Gasteiger partial charge is 0.371 e. The van der Waals surface area contributed by atoms with Gasteiger partial charge in [0.25, 0.3) is 10.0 Å². The summed E-state index contributed by atoms with van der Waals surface area (Å²) in [5.41, 5.74) is 2.64. The standard InChI is InChI=1S/C14H18N4O2S/c19-21(20,14-6-9-15-17-14)16-8-3-10-18-11-7-12-4-1-2-5-13(12)18/h1-2,4-6,9,16H,3,7-8,10-11H2,(H,15,17). The van der Waals surface area contributed by atoms with E-state index < -0.39 is 10.0 Å². The minimum atomic E-state index is -3.46. The first-order chi connectivity index (χ1) is 10.2. The second kappa shape index (κ2) is 5.87. The highest BCUT2D eigenvalue weighted by molar-refractivity contribution is 7.89. The van der Waals surface area contributed by atoms with Crippen molar-refractivity contribution in [1.82, 2.24) is 14.9 Å². The number of benzene rings is 1. The first-order valence-electron chi connectivity index (χ1n) is 6.99. The molecule has 0 aliphatic carbocycles. The van der Waals surface area contributed by atoms with Crippen LogP contribution < -0.4 is 9.62 Å². The number of H-pyrrole nitrogens is 1. The molecular weight excluding hydrogens is 288 g/mol. The molecular formula is C14H18N4O2S. The molecule has 3 rings (SSSR count). The number of hydrogen-bond acceptors (Lipinski definition) is 4. The summed E-state index contributed by atoms with van der Waals surface area (Å²) >= 11 is 0. The van der Waals surface area contributed by atoms with Crippen LogP contribution in [0.25, 0.3) is 0 Å². The predicted octanol–water partition coefficient (Wildman–Crippen LogP) is 1.14. The van der Waals surface area contributed by atoms with Gasteiger partial charge in [0.1, 0.15) is 0 Å². The average Bonchev–Trinajstić information content (AvgIpc) is 3.14. The van der Waals surface area contributed by atoms with Crippen LogP contribution >= 0.6 is 0 Å². The van der Waals surface area contributed by atoms with E-state index >= 15 is 0 Å². The number of rotatable bonds is 6. The maximum Gasteiger partial charge on any atom is 0.257 e. The Hall–Kier alpha value is -1.86. The molecule has 0 amide bonds. The molecule has 1 aromatic carbocycles. The normalized spacial score (nSPS) is 14.4. The fourth-order valence-electron chi connectivity index (χ4n) is 2.59. The summed E-state index contributed by atoms with van der Waals surface area (Å²) in [4.78, 5) is 2.31. The van der Waals surface area contributed by atoms with Crippen molar-refractivity contribution >= 4 is 15.7 Å². The van der Waals surface area contributed by atoms with Gasteiger partial charge in [0.05, 0.1) is 6.20 Å². The molecule has 0 fully saturated rings. The smallest absolute Gasteiger partial charge is 0.257 e. The zero-order valence-electron chi connectivity index (χ0n) is 11.6. The first-order valence-corrected chi connectivity index (χ1v) is 8.47. The molecule has 1 aliphatic heterocycles. The summed E-state index contributed by atoms with van der Waals surface area (Å²) in [7, 11) is -3.46. The molecule has 0 bridgehead atoms. The van der Waals surface area contributed by atoms with Crippen LogP contribution in [0.5, 0.6) is 0 Å². The van der Waals surface area contributed by atoms with E-state index in [1.165, 1.54) is 23.5 Å². The van der Waals surface area contributed by atoms with Crippen LogP contribution in [-0.2, 0) is 16.4 Å². The monoisotopic (exact) mass is 306 g/mol. The second-order valence-electron chi connectivity index (χ2n) is 5.04. The number of nitrogens with one attached hydrogen (secondary N) is 2. The molecule has 0 saturated heterocycles. The average molecular weight is 306 g/mol. The molecule has 0 unspecified atom stereocenters. The Morgan fingerprint density at radius 3 is 2.95 bits per heavy atom. The quantitative estimate of drug-likeness (QED) is 0.785. The number of aromatic amines is 1. The SMILES string of the molecule is O=S(=O)(NCCCN1CCc2ccccc21)c1ccn[nH]1. The van der Waals surface area contributed by atoms with Gasteiger partial charge in [0.15, 0.2) is 5.03 Å². The summed E-state index contributed by atoms with van der Waals surface area (Å²) < 4.78 is 26.4. The second-order valence-corrected chi connectivity index (χ2v) is 6.77. The Morgan fingerprint density at radius 2 is 2.14 bits per heavy atom. The highest BCUT2D eigenvalue weighted by Crippen LogP contribution is 2.27. The van der Waals surface area contributed by atoms with Crippen molar-refractivity contribution in [2.24, 2.45) is 0 Å². The Balaban J connectivity index is 1.50. The Labute approximate surface area is 124 Å². The van der Waals surface area contributed by atoms with Crippen molar-refractivity contribution in [2.75, 3.05) is 24.5 Å². The summed E-state index contributed by atoms with van der Waals surface area (Å²) in [6, 6.07) is 9.81. The molecule has 7 heteroatoms. The summed E-state index contributed by atoms with van der Waals surface area (Å²) in [6.07, 6.45) is 3.26. The molecule has 2 heterocycles. The molecule has 21 heavy (non-hydrogen) atoms. The maximum absolute atomic E-state index is 11.9. The van der Waals surface area contributed by atoms with Crippen LogP contribution in [0.2, 0.25) is 0 Å². The van der Waals surface area contributed by atoms with E-state index in [-0.39, 0.29) is 5.03 Å². The lowest BCUT2D eigenvalue weighted by Gasteiger charge is -2.19. The van der Waals surface area contributed by atoms with Crippen molar-refractivity contribution in [3.63, 3.8) is 0 Å². The van der Waals surface area contributed by atoms with E-state index in [4.69, 9.17) is 0 Å². The van der Waals surface area contributed by atoms with Crippen molar-refractivity contribution in [3.8, 4) is 0 Å². The molecule has 2 aromatic rings. The van der Waals surface area contributed by atoms with E-state index in [1.807, 2.05) is 6.07 Å². The molecule has 0 atom stereocenters.